The maximum absolute atomic E-state index is 11.6. The van der Waals surface area contributed by atoms with Crippen LogP contribution in [-0.2, 0) is 11.3 Å². The number of ether oxygens (including phenoxy) is 2. The molecule has 3 rings (SSSR count). The fraction of sp³-hybridized carbons (Fsp3) is 0.200. The fourth-order valence-electron chi connectivity index (χ4n) is 2.39. The van der Waals surface area contributed by atoms with Crippen molar-refractivity contribution in [2.75, 3.05) is 13.2 Å². The smallest absolute Gasteiger partial charge is 0.407 e. The first kappa shape index (κ1) is 17.5. The van der Waals surface area contributed by atoms with Crippen LogP contribution < -0.4 is 10.1 Å². The molecule has 0 atom stereocenters. The van der Waals surface area contributed by atoms with Crippen molar-refractivity contribution in [1.82, 2.24) is 15.3 Å². The number of alkyl carbamates (subject to hydrolysis) is 1. The van der Waals surface area contributed by atoms with E-state index in [9.17, 15) is 4.79 Å². The average Bonchev–Trinajstić information content (AvgIpc) is 3.11. The maximum atomic E-state index is 11.6. The lowest BCUT2D eigenvalue weighted by molar-refractivity contribution is 0.137. The highest BCUT2D eigenvalue weighted by atomic mass is 16.5. The molecule has 1 amide bonds. The van der Waals surface area contributed by atoms with Gasteiger partial charge in [-0.05, 0) is 42.3 Å². The van der Waals surface area contributed by atoms with Gasteiger partial charge in [0.05, 0.1) is 18.4 Å². The van der Waals surface area contributed by atoms with Gasteiger partial charge in [-0.2, -0.15) is 0 Å². The van der Waals surface area contributed by atoms with Crippen LogP contribution in [0.4, 0.5) is 4.79 Å². The summed E-state index contributed by atoms with van der Waals surface area (Å²) in [5, 5.41) is 2.66. The quantitative estimate of drug-likeness (QED) is 0.637. The molecule has 0 aliphatic heterocycles. The van der Waals surface area contributed by atoms with Crippen molar-refractivity contribution in [1.29, 1.82) is 0 Å². The Kier molecular flexibility index (Phi) is 5.88. The van der Waals surface area contributed by atoms with E-state index in [0.717, 1.165) is 28.4 Å². The van der Waals surface area contributed by atoms with Crippen LogP contribution >= 0.6 is 0 Å². The molecule has 0 aliphatic carbocycles. The third kappa shape index (κ3) is 5.11. The lowest BCUT2D eigenvalue weighted by Gasteiger charge is -2.09. The van der Waals surface area contributed by atoms with Crippen LogP contribution in [0.3, 0.4) is 0 Å². The van der Waals surface area contributed by atoms with Gasteiger partial charge in [-0.1, -0.05) is 30.3 Å². The van der Waals surface area contributed by atoms with Gasteiger partial charge in [-0.3, -0.25) is 0 Å². The third-order valence-corrected chi connectivity index (χ3v) is 3.72. The van der Waals surface area contributed by atoms with Gasteiger partial charge in [0.15, 0.2) is 0 Å². The summed E-state index contributed by atoms with van der Waals surface area (Å²) in [6, 6.07) is 17.2. The highest BCUT2D eigenvalue weighted by Gasteiger charge is 2.03. The molecule has 0 saturated carbocycles. The minimum absolute atomic E-state index is 0.252. The summed E-state index contributed by atoms with van der Waals surface area (Å²) in [7, 11) is 0. The summed E-state index contributed by atoms with van der Waals surface area (Å²) in [6.45, 7) is 2.90. The van der Waals surface area contributed by atoms with Crippen molar-refractivity contribution < 1.29 is 14.3 Å². The molecule has 0 bridgehead atoms. The molecule has 3 aromatic rings. The number of hydrogen-bond acceptors (Lipinski definition) is 4. The number of imidazole rings is 1. The Balaban J connectivity index is 1.36. The Morgan fingerprint density at radius 3 is 2.58 bits per heavy atom. The summed E-state index contributed by atoms with van der Waals surface area (Å²) in [5.41, 5.74) is 2.96. The number of aromatic nitrogens is 2. The van der Waals surface area contributed by atoms with Crippen molar-refractivity contribution >= 4 is 6.09 Å². The van der Waals surface area contributed by atoms with Gasteiger partial charge in [-0.25, -0.2) is 9.78 Å². The molecular formula is C20H21N3O3. The third-order valence-electron chi connectivity index (χ3n) is 3.72. The number of aryl methyl sites for hydroxylation is 1. The fourth-order valence-corrected chi connectivity index (χ4v) is 2.39. The van der Waals surface area contributed by atoms with Crippen molar-refractivity contribution in [3.63, 3.8) is 0 Å². The predicted octanol–water partition coefficient (Wildman–Crippen LogP) is 3.69. The van der Waals surface area contributed by atoms with E-state index in [1.54, 1.807) is 6.20 Å². The largest absolute Gasteiger partial charge is 0.492 e. The van der Waals surface area contributed by atoms with Crippen LogP contribution in [-0.4, -0.2) is 29.2 Å². The van der Waals surface area contributed by atoms with Gasteiger partial charge in [0.25, 0.3) is 0 Å². The van der Waals surface area contributed by atoms with E-state index in [1.807, 2.05) is 61.5 Å². The van der Waals surface area contributed by atoms with Crippen molar-refractivity contribution in [3.8, 4) is 17.0 Å². The summed E-state index contributed by atoms with van der Waals surface area (Å²) in [6.07, 6.45) is 1.35. The second-order valence-electron chi connectivity index (χ2n) is 5.74. The Labute approximate surface area is 152 Å². The monoisotopic (exact) mass is 351 g/mol. The maximum Gasteiger partial charge on any atom is 0.407 e. The molecule has 2 aromatic carbocycles. The van der Waals surface area contributed by atoms with Gasteiger partial charge in [0.1, 0.15) is 24.8 Å². The van der Waals surface area contributed by atoms with Crippen LogP contribution in [0.5, 0.6) is 5.75 Å². The van der Waals surface area contributed by atoms with E-state index < -0.39 is 6.09 Å². The van der Waals surface area contributed by atoms with E-state index >= 15 is 0 Å². The summed E-state index contributed by atoms with van der Waals surface area (Å²) in [4.78, 5) is 19.0. The molecule has 134 valence electrons. The second-order valence-corrected chi connectivity index (χ2v) is 5.74. The summed E-state index contributed by atoms with van der Waals surface area (Å²) >= 11 is 0. The zero-order chi connectivity index (χ0) is 18.2. The second kappa shape index (κ2) is 8.71. The zero-order valence-electron chi connectivity index (χ0n) is 14.6. The minimum atomic E-state index is -0.456. The molecular weight excluding hydrogens is 330 g/mol. The van der Waals surface area contributed by atoms with Gasteiger partial charge in [0.2, 0.25) is 0 Å². The lowest BCUT2D eigenvalue weighted by Crippen LogP contribution is -2.28. The highest BCUT2D eigenvalue weighted by Crippen LogP contribution is 2.20. The molecule has 6 heteroatoms. The standard InChI is InChI=1S/C20H21N3O3/c1-15-22-13-19(23-15)17-7-9-18(10-8-17)25-12-11-21-20(24)26-14-16-5-3-2-4-6-16/h2-10,13H,11-12,14H2,1H3,(H,21,24)(H,22,23). The van der Waals surface area contributed by atoms with Gasteiger partial charge in [-0.15, -0.1) is 0 Å². The molecule has 0 saturated heterocycles. The molecule has 26 heavy (non-hydrogen) atoms. The minimum Gasteiger partial charge on any atom is -0.492 e. The normalized spacial score (nSPS) is 10.3. The number of aromatic amines is 1. The van der Waals surface area contributed by atoms with Crippen molar-refractivity contribution in [3.05, 3.63) is 72.2 Å². The first-order valence-electron chi connectivity index (χ1n) is 8.40. The Bertz CT molecular complexity index is 829. The average molecular weight is 351 g/mol. The predicted molar refractivity (Wildman–Crippen MR) is 98.9 cm³/mol. The summed E-state index contributed by atoms with van der Waals surface area (Å²) < 4.78 is 10.8. The van der Waals surface area contributed by atoms with E-state index in [1.165, 1.54) is 0 Å². The van der Waals surface area contributed by atoms with E-state index in [-0.39, 0.29) is 6.61 Å². The van der Waals surface area contributed by atoms with E-state index in [4.69, 9.17) is 9.47 Å². The number of amides is 1. The molecule has 2 N–H and O–H groups in total. The van der Waals surface area contributed by atoms with E-state index in [2.05, 4.69) is 15.3 Å². The lowest BCUT2D eigenvalue weighted by atomic mass is 10.2. The number of benzene rings is 2. The first-order chi connectivity index (χ1) is 12.7. The number of nitrogens with zero attached hydrogens (tertiary/aromatic N) is 1. The number of H-pyrrole nitrogens is 1. The molecule has 0 spiro atoms. The highest BCUT2D eigenvalue weighted by molar-refractivity contribution is 5.67. The number of carbonyl (C=O) groups excluding carboxylic acids is 1. The molecule has 6 nitrogen and oxygen atoms in total. The number of hydrogen-bond donors (Lipinski definition) is 2. The van der Waals surface area contributed by atoms with Gasteiger partial charge >= 0.3 is 6.09 Å². The molecule has 0 aliphatic rings. The molecule has 0 fully saturated rings. The number of rotatable bonds is 7. The molecule has 0 radical (unpaired) electrons. The van der Waals surface area contributed by atoms with Crippen LogP contribution in [0.15, 0.2) is 60.8 Å². The number of carbonyl (C=O) groups is 1. The first-order valence-corrected chi connectivity index (χ1v) is 8.40. The Morgan fingerprint density at radius 1 is 1.12 bits per heavy atom. The SMILES string of the molecule is Cc1ncc(-c2ccc(OCCNC(=O)OCc3ccccc3)cc2)[nH]1. The van der Waals surface area contributed by atoms with Crippen LogP contribution in [0, 0.1) is 6.92 Å². The van der Waals surface area contributed by atoms with Crippen LogP contribution in [0.2, 0.25) is 0 Å². The van der Waals surface area contributed by atoms with Crippen molar-refractivity contribution in [2.24, 2.45) is 0 Å². The molecule has 0 unspecified atom stereocenters. The zero-order valence-corrected chi connectivity index (χ0v) is 14.6. The topological polar surface area (TPSA) is 76.2 Å². The van der Waals surface area contributed by atoms with E-state index in [0.29, 0.717) is 13.2 Å². The van der Waals surface area contributed by atoms with Crippen molar-refractivity contribution in [2.45, 2.75) is 13.5 Å². The van der Waals surface area contributed by atoms with Gasteiger partial charge < -0.3 is 19.8 Å². The molecule has 1 heterocycles. The summed E-state index contributed by atoms with van der Waals surface area (Å²) in [5.74, 6) is 1.62. The number of nitrogens with one attached hydrogen (secondary N) is 2. The van der Waals surface area contributed by atoms with Crippen LogP contribution in [0.1, 0.15) is 11.4 Å². The molecule has 1 aromatic heterocycles. The van der Waals surface area contributed by atoms with Gasteiger partial charge in [0, 0.05) is 0 Å². The van der Waals surface area contributed by atoms with Crippen LogP contribution in [0.25, 0.3) is 11.3 Å². The Morgan fingerprint density at radius 2 is 1.88 bits per heavy atom. The Hall–Kier alpha value is -3.28.